The van der Waals surface area contributed by atoms with Crippen LogP contribution in [0.4, 0.5) is 5.69 Å². The number of fused-ring (bicyclic) bond motifs is 1. The predicted molar refractivity (Wildman–Crippen MR) is 79.4 cm³/mol. The number of nitrogens with zero attached hydrogens (tertiary/aromatic N) is 1. The number of hydrogen-bond acceptors (Lipinski definition) is 5. The monoisotopic (exact) mass is 299 g/mol. The largest absolute Gasteiger partial charge is 0.502 e. The molecule has 21 heavy (non-hydrogen) atoms. The zero-order valence-electron chi connectivity index (χ0n) is 10.6. The second-order valence-electron chi connectivity index (χ2n) is 4.41. The van der Waals surface area contributed by atoms with Crippen molar-refractivity contribution in [3.8, 4) is 5.75 Å². The number of phenols is 1. The molecule has 0 atom stereocenters. The molecule has 0 saturated carbocycles. The molecule has 0 aromatic heterocycles. The number of rotatable bonds is 2. The van der Waals surface area contributed by atoms with Crippen LogP contribution in [0.3, 0.4) is 0 Å². The number of benzene rings is 2. The minimum Gasteiger partial charge on any atom is -0.502 e. The summed E-state index contributed by atoms with van der Waals surface area (Å²) < 4.78 is 0. The Morgan fingerprint density at radius 2 is 1.90 bits per heavy atom. The van der Waals surface area contributed by atoms with Crippen molar-refractivity contribution in [1.29, 1.82) is 0 Å². The lowest BCUT2D eigenvalue weighted by Gasteiger charge is -2.01. The Hall–Kier alpha value is -2.60. The molecule has 5 nitrogen and oxygen atoms in total. The summed E-state index contributed by atoms with van der Waals surface area (Å²) in [6, 6.07) is 11.4. The number of aromatic hydroxyl groups is 1. The van der Waals surface area contributed by atoms with Gasteiger partial charge in [0.05, 0.1) is 9.83 Å². The first-order valence-corrected chi connectivity index (χ1v) is 6.89. The highest BCUT2D eigenvalue weighted by Gasteiger charge is 2.26. The maximum atomic E-state index is 12.2. The Kier molecular flexibility index (Phi) is 3.23. The highest BCUT2D eigenvalue weighted by Crippen LogP contribution is 2.42. The summed E-state index contributed by atoms with van der Waals surface area (Å²) in [5.74, 6) is -0.569. The minimum atomic E-state index is -0.657. The number of carbonyl (C=O) groups excluding carboxylic acids is 1. The van der Waals surface area contributed by atoms with Gasteiger partial charge in [-0.3, -0.25) is 14.9 Å². The average Bonchev–Trinajstić information content (AvgIpc) is 2.78. The van der Waals surface area contributed by atoms with Crippen molar-refractivity contribution < 1.29 is 14.8 Å². The van der Waals surface area contributed by atoms with Gasteiger partial charge >= 0.3 is 5.69 Å². The van der Waals surface area contributed by atoms with Crippen molar-refractivity contribution in [3.05, 3.63) is 68.6 Å². The molecule has 2 aromatic carbocycles. The summed E-state index contributed by atoms with van der Waals surface area (Å²) >= 11 is 1.29. The van der Waals surface area contributed by atoms with E-state index in [4.69, 9.17) is 0 Å². The van der Waals surface area contributed by atoms with Crippen molar-refractivity contribution >= 4 is 29.3 Å². The normalized spacial score (nSPS) is 15.2. The van der Waals surface area contributed by atoms with E-state index in [1.165, 1.54) is 36.0 Å². The lowest BCUT2D eigenvalue weighted by atomic mass is 10.1. The second-order valence-corrected chi connectivity index (χ2v) is 5.49. The molecule has 6 heteroatoms. The van der Waals surface area contributed by atoms with E-state index in [0.717, 1.165) is 4.90 Å². The quantitative estimate of drug-likeness (QED) is 0.520. The summed E-state index contributed by atoms with van der Waals surface area (Å²) in [4.78, 5) is 23.7. The fourth-order valence-corrected chi connectivity index (χ4v) is 3.13. The highest BCUT2D eigenvalue weighted by atomic mass is 32.2. The third-order valence-corrected chi connectivity index (χ3v) is 4.20. The van der Waals surface area contributed by atoms with E-state index in [0.29, 0.717) is 10.5 Å². The van der Waals surface area contributed by atoms with Crippen molar-refractivity contribution in [2.45, 2.75) is 4.90 Å². The van der Waals surface area contributed by atoms with Crippen LogP contribution >= 0.6 is 11.8 Å². The molecular weight excluding hydrogens is 290 g/mol. The Morgan fingerprint density at radius 1 is 1.14 bits per heavy atom. The number of hydrogen-bond donors (Lipinski definition) is 1. The molecule has 0 spiro atoms. The third-order valence-electron chi connectivity index (χ3n) is 3.10. The SMILES string of the molecule is O=C1C(=Cc2cccc([N+](=O)[O-])c2O)Sc2ccccc21. The van der Waals surface area contributed by atoms with Gasteiger partial charge in [-0.2, -0.15) is 0 Å². The highest BCUT2D eigenvalue weighted by molar-refractivity contribution is 8.04. The van der Waals surface area contributed by atoms with Gasteiger partial charge < -0.3 is 5.11 Å². The maximum Gasteiger partial charge on any atom is 0.311 e. The number of nitro benzene ring substituents is 1. The number of para-hydroxylation sites is 1. The number of thioether (sulfide) groups is 1. The van der Waals surface area contributed by atoms with Crippen molar-refractivity contribution in [3.63, 3.8) is 0 Å². The van der Waals surface area contributed by atoms with Crippen LogP contribution in [0.1, 0.15) is 15.9 Å². The van der Waals surface area contributed by atoms with Crippen LogP contribution in [0, 0.1) is 10.1 Å². The van der Waals surface area contributed by atoms with Crippen LogP contribution in [0.2, 0.25) is 0 Å². The average molecular weight is 299 g/mol. The molecule has 3 rings (SSSR count). The second kappa shape index (κ2) is 5.06. The standard InChI is InChI=1S/C15H9NO4S/c17-14-9(4-3-6-11(14)16(19)20)8-13-15(18)10-5-1-2-7-12(10)21-13/h1-8,17H. The van der Waals surface area contributed by atoms with E-state index in [9.17, 15) is 20.0 Å². The Morgan fingerprint density at radius 3 is 2.62 bits per heavy atom. The summed E-state index contributed by atoms with van der Waals surface area (Å²) in [7, 11) is 0. The van der Waals surface area contributed by atoms with E-state index in [2.05, 4.69) is 0 Å². The van der Waals surface area contributed by atoms with Gasteiger partial charge in [-0.1, -0.05) is 36.0 Å². The summed E-state index contributed by atoms with van der Waals surface area (Å²) in [5, 5.41) is 20.7. The van der Waals surface area contributed by atoms with Gasteiger partial charge in [0.15, 0.2) is 0 Å². The number of phenolic OH excluding ortho intramolecular Hbond substituents is 1. The molecular formula is C15H9NO4S. The third kappa shape index (κ3) is 2.30. The number of nitro groups is 1. The van der Waals surface area contributed by atoms with Gasteiger partial charge in [0.25, 0.3) is 0 Å². The summed E-state index contributed by atoms with van der Waals surface area (Å²) in [5.41, 5.74) is 0.490. The first kappa shape index (κ1) is 13.4. The van der Waals surface area contributed by atoms with Crippen molar-refractivity contribution in [2.24, 2.45) is 0 Å². The lowest BCUT2D eigenvalue weighted by molar-refractivity contribution is -0.385. The van der Waals surface area contributed by atoms with E-state index in [1.807, 2.05) is 12.1 Å². The molecule has 0 fully saturated rings. The van der Waals surface area contributed by atoms with Gasteiger partial charge in [0, 0.05) is 22.1 Å². The zero-order chi connectivity index (χ0) is 15.0. The molecule has 2 aromatic rings. The van der Waals surface area contributed by atoms with Crippen LogP contribution in [0.5, 0.6) is 5.75 Å². The van der Waals surface area contributed by atoms with Crippen molar-refractivity contribution in [2.75, 3.05) is 0 Å². The molecule has 104 valence electrons. The molecule has 0 bridgehead atoms. The molecule has 0 unspecified atom stereocenters. The fraction of sp³-hybridized carbons (Fsp3) is 0. The van der Waals surface area contributed by atoms with E-state index >= 15 is 0 Å². The lowest BCUT2D eigenvalue weighted by Crippen LogP contribution is -1.94. The fourth-order valence-electron chi connectivity index (χ4n) is 2.09. The van der Waals surface area contributed by atoms with E-state index in [-0.39, 0.29) is 17.0 Å². The number of carbonyl (C=O) groups is 1. The van der Waals surface area contributed by atoms with Crippen LogP contribution in [-0.4, -0.2) is 15.8 Å². The molecule has 1 aliphatic heterocycles. The van der Waals surface area contributed by atoms with E-state index < -0.39 is 10.7 Å². The van der Waals surface area contributed by atoms with Crippen LogP contribution in [0.25, 0.3) is 6.08 Å². The number of Topliss-reactive ketones (excluding diaryl/α,β-unsaturated/α-hetero) is 1. The molecule has 1 N–H and O–H groups in total. The van der Waals surface area contributed by atoms with E-state index in [1.54, 1.807) is 12.1 Å². The molecule has 0 radical (unpaired) electrons. The van der Waals surface area contributed by atoms with Gasteiger partial charge in [-0.25, -0.2) is 0 Å². The summed E-state index contributed by atoms with van der Waals surface area (Å²) in [6.45, 7) is 0. The van der Waals surface area contributed by atoms with Crippen molar-refractivity contribution in [1.82, 2.24) is 0 Å². The van der Waals surface area contributed by atoms with Gasteiger partial charge in [0.1, 0.15) is 0 Å². The van der Waals surface area contributed by atoms with Gasteiger partial charge in [-0.15, -0.1) is 0 Å². The Labute approximate surface area is 124 Å². The topological polar surface area (TPSA) is 80.4 Å². The number of ketones is 1. The van der Waals surface area contributed by atoms with Crippen LogP contribution < -0.4 is 0 Å². The minimum absolute atomic E-state index is 0.137. The van der Waals surface area contributed by atoms with Crippen LogP contribution in [-0.2, 0) is 0 Å². The Balaban J connectivity index is 2.04. The first-order chi connectivity index (χ1) is 10.1. The molecule has 1 aliphatic rings. The molecule has 1 heterocycles. The Bertz CT molecular complexity index is 798. The smallest absolute Gasteiger partial charge is 0.311 e. The zero-order valence-corrected chi connectivity index (χ0v) is 11.5. The molecule has 0 amide bonds. The van der Waals surface area contributed by atoms with Gasteiger partial charge in [-0.05, 0) is 18.2 Å². The molecule has 0 aliphatic carbocycles. The first-order valence-electron chi connectivity index (χ1n) is 6.07. The number of allylic oxidation sites excluding steroid dienone is 1. The van der Waals surface area contributed by atoms with Gasteiger partial charge in [0.2, 0.25) is 11.5 Å². The predicted octanol–water partition coefficient (Wildman–Crippen LogP) is 3.63. The maximum absolute atomic E-state index is 12.2. The summed E-state index contributed by atoms with van der Waals surface area (Å²) in [6.07, 6.45) is 1.48. The van der Waals surface area contributed by atoms with Crippen LogP contribution in [0.15, 0.2) is 52.3 Å². The molecule has 0 saturated heterocycles.